The number of thioether (sulfide) groups is 1. The van der Waals surface area contributed by atoms with Gasteiger partial charge < -0.3 is 5.73 Å². The second-order valence-corrected chi connectivity index (χ2v) is 4.59. The number of halogens is 1. The molecule has 0 bridgehead atoms. The van der Waals surface area contributed by atoms with E-state index in [2.05, 4.69) is 0 Å². The smallest absolute Gasteiger partial charge is 0.262 e. The zero-order valence-corrected chi connectivity index (χ0v) is 10.4. The van der Waals surface area contributed by atoms with E-state index in [1.165, 1.54) is 18.2 Å². The Morgan fingerprint density at radius 2 is 2.16 bits per heavy atom. The normalized spacial score (nSPS) is 17.3. The number of nitriles is 1. The minimum atomic E-state index is -0.943. The lowest BCUT2D eigenvalue weighted by molar-refractivity contribution is -0.115. The van der Waals surface area contributed by atoms with E-state index in [1.807, 2.05) is 0 Å². The Morgan fingerprint density at radius 3 is 2.74 bits per heavy atom. The van der Waals surface area contributed by atoms with Crippen LogP contribution in [0.3, 0.4) is 0 Å². The summed E-state index contributed by atoms with van der Waals surface area (Å²) < 4.78 is 13.7. The van der Waals surface area contributed by atoms with Crippen molar-refractivity contribution < 1.29 is 14.0 Å². The first-order valence-electron chi connectivity index (χ1n) is 5.20. The van der Waals surface area contributed by atoms with Crippen molar-refractivity contribution in [3.63, 3.8) is 0 Å². The highest BCUT2D eigenvalue weighted by Gasteiger charge is 2.33. The van der Waals surface area contributed by atoms with Crippen molar-refractivity contribution in [2.45, 2.75) is 0 Å². The molecule has 1 fully saturated rings. The van der Waals surface area contributed by atoms with Crippen LogP contribution in [-0.2, 0) is 9.59 Å². The van der Waals surface area contributed by atoms with Gasteiger partial charge in [-0.1, -0.05) is 23.9 Å². The topological polar surface area (TPSA) is 87.2 Å². The van der Waals surface area contributed by atoms with Crippen LogP contribution >= 0.6 is 11.8 Å². The number of hydrogen-bond acceptors (Lipinski definition) is 4. The predicted molar refractivity (Wildman–Crippen MR) is 68.2 cm³/mol. The third-order valence-corrected chi connectivity index (χ3v) is 3.50. The number of carbonyl (C=O) groups is 2. The van der Waals surface area contributed by atoms with Crippen molar-refractivity contribution in [3.05, 3.63) is 40.7 Å². The molecule has 7 heteroatoms. The van der Waals surface area contributed by atoms with Gasteiger partial charge in [-0.3, -0.25) is 14.5 Å². The van der Waals surface area contributed by atoms with Crippen LogP contribution < -0.4 is 10.6 Å². The molecule has 2 N–H and O–H groups in total. The number of nitrogens with two attached hydrogens (primary N) is 1. The largest absolute Gasteiger partial charge is 0.365 e. The van der Waals surface area contributed by atoms with Crippen molar-refractivity contribution in [1.29, 1.82) is 5.26 Å². The van der Waals surface area contributed by atoms with E-state index in [9.17, 15) is 14.0 Å². The third kappa shape index (κ3) is 2.30. The van der Waals surface area contributed by atoms with E-state index in [0.717, 1.165) is 16.7 Å². The molecule has 1 aromatic carbocycles. The van der Waals surface area contributed by atoms with E-state index in [1.54, 1.807) is 12.1 Å². The Hall–Kier alpha value is -2.33. The molecule has 1 heterocycles. The molecule has 0 unspecified atom stereocenters. The summed E-state index contributed by atoms with van der Waals surface area (Å²) >= 11 is 0.989. The van der Waals surface area contributed by atoms with Gasteiger partial charge in [-0.2, -0.15) is 5.26 Å². The Morgan fingerprint density at radius 1 is 1.47 bits per heavy atom. The maximum Gasteiger partial charge on any atom is 0.262 e. The van der Waals surface area contributed by atoms with Gasteiger partial charge in [0.1, 0.15) is 22.5 Å². The molecule has 1 aliphatic rings. The molecule has 19 heavy (non-hydrogen) atoms. The molecule has 0 aliphatic carbocycles. The fourth-order valence-electron chi connectivity index (χ4n) is 1.64. The van der Waals surface area contributed by atoms with Crippen LogP contribution in [0, 0.1) is 17.1 Å². The van der Waals surface area contributed by atoms with Gasteiger partial charge in [0.05, 0.1) is 11.4 Å². The van der Waals surface area contributed by atoms with Gasteiger partial charge in [0.25, 0.3) is 5.91 Å². The minimum Gasteiger partial charge on any atom is -0.365 e. The molecule has 5 nitrogen and oxygen atoms in total. The SMILES string of the molecule is N#C/C(C(N)=O)=C1/SCC(=O)N1c1ccccc1F. The Bertz CT molecular complexity index is 636. The predicted octanol–water partition coefficient (Wildman–Crippen LogP) is 1.13. The molecule has 0 radical (unpaired) electrons. The van der Waals surface area contributed by atoms with Crippen molar-refractivity contribution >= 4 is 29.3 Å². The van der Waals surface area contributed by atoms with E-state index in [4.69, 9.17) is 11.0 Å². The fourth-order valence-corrected chi connectivity index (χ4v) is 2.65. The second-order valence-electron chi connectivity index (χ2n) is 3.63. The first kappa shape index (κ1) is 13.1. The molecule has 0 saturated carbocycles. The van der Waals surface area contributed by atoms with Crippen LogP contribution in [0.1, 0.15) is 0 Å². The first-order valence-corrected chi connectivity index (χ1v) is 6.19. The van der Waals surface area contributed by atoms with Gasteiger partial charge in [0.2, 0.25) is 5.91 Å². The second kappa shape index (κ2) is 5.12. The summed E-state index contributed by atoms with van der Waals surface area (Å²) in [5, 5.41) is 9.00. The average molecular weight is 277 g/mol. The fraction of sp³-hybridized carbons (Fsp3) is 0.0833. The molecule has 0 spiro atoms. The number of amides is 2. The van der Waals surface area contributed by atoms with Gasteiger partial charge in [-0.05, 0) is 12.1 Å². The van der Waals surface area contributed by atoms with Crippen LogP contribution in [0.4, 0.5) is 10.1 Å². The summed E-state index contributed by atoms with van der Waals surface area (Å²) in [7, 11) is 0. The third-order valence-electron chi connectivity index (χ3n) is 2.45. The minimum absolute atomic E-state index is 0.00139. The van der Waals surface area contributed by atoms with Gasteiger partial charge in [0, 0.05) is 0 Å². The zero-order chi connectivity index (χ0) is 14.0. The lowest BCUT2D eigenvalue weighted by atomic mass is 10.2. The van der Waals surface area contributed by atoms with E-state index >= 15 is 0 Å². The monoisotopic (exact) mass is 277 g/mol. The molecule has 1 aliphatic heterocycles. The standard InChI is InChI=1S/C12H8FN3O2S/c13-8-3-1-2-4-9(8)16-10(17)6-19-12(16)7(5-14)11(15)18/h1-4H,6H2,(H2,15,18)/b12-7-. The number of para-hydroxylation sites is 1. The van der Waals surface area contributed by atoms with Crippen molar-refractivity contribution in [2.75, 3.05) is 10.7 Å². The number of primary amides is 1. The lowest BCUT2D eigenvalue weighted by Gasteiger charge is -2.18. The molecule has 0 aromatic heterocycles. The highest BCUT2D eigenvalue weighted by atomic mass is 32.2. The highest BCUT2D eigenvalue weighted by molar-refractivity contribution is 8.04. The van der Waals surface area contributed by atoms with Crippen LogP contribution in [0.2, 0.25) is 0 Å². The van der Waals surface area contributed by atoms with E-state index in [0.29, 0.717) is 0 Å². The maximum atomic E-state index is 13.7. The van der Waals surface area contributed by atoms with E-state index < -0.39 is 17.6 Å². The Labute approximate surface area is 112 Å². The summed E-state index contributed by atoms with van der Waals surface area (Å²) in [6.07, 6.45) is 0. The number of anilines is 1. The Kier molecular flexibility index (Phi) is 3.53. The van der Waals surface area contributed by atoms with Crippen LogP contribution in [0.5, 0.6) is 0 Å². The number of hydrogen-bond donors (Lipinski definition) is 1. The quantitative estimate of drug-likeness (QED) is 0.648. The molecular weight excluding hydrogens is 269 g/mol. The van der Waals surface area contributed by atoms with Crippen LogP contribution in [0.25, 0.3) is 0 Å². The molecule has 1 aromatic rings. The average Bonchev–Trinajstić information content (AvgIpc) is 2.73. The summed E-state index contributed by atoms with van der Waals surface area (Å²) in [5.41, 5.74) is 4.74. The summed E-state index contributed by atoms with van der Waals surface area (Å²) in [6, 6.07) is 7.28. The van der Waals surface area contributed by atoms with Crippen LogP contribution in [0.15, 0.2) is 34.9 Å². The van der Waals surface area contributed by atoms with Crippen molar-refractivity contribution in [3.8, 4) is 6.07 Å². The summed E-state index contributed by atoms with van der Waals surface area (Å²) in [5.74, 6) is -1.93. The Balaban J connectivity index is 2.60. The van der Waals surface area contributed by atoms with Gasteiger partial charge >= 0.3 is 0 Å². The summed E-state index contributed by atoms with van der Waals surface area (Å²) in [4.78, 5) is 24.0. The first-order chi connectivity index (χ1) is 9.06. The van der Waals surface area contributed by atoms with E-state index in [-0.39, 0.29) is 22.0 Å². The zero-order valence-electron chi connectivity index (χ0n) is 9.59. The molecule has 2 amide bonds. The summed E-state index contributed by atoms with van der Waals surface area (Å²) in [6.45, 7) is 0. The molecule has 96 valence electrons. The van der Waals surface area contributed by atoms with Crippen molar-refractivity contribution in [2.24, 2.45) is 5.73 Å². The molecule has 1 saturated heterocycles. The van der Waals surface area contributed by atoms with Crippen LogP contribution in [-0.4, -0.2) is 17.6 Å². The molecular formula is C12H8FN3O2S. The lowest BCUT2D eigenvalue weighted by Crippen LogP contribution is -2.27. The van der Waals surface area contributed by atoms with Gasteiger partial charge in [0.15, 0.2) is 0 Å². The highest BCUT2D eigenvalue weighted by Crippen LogP contribution is 2.36. The number of carbonyl (C=O) groups excluding carboxylic acids is 2. The number of nitrogens with zero attached hydrogens (tertiary/aromatic N) is 2. The maximum absolute atomic E-state index is 13.7. The van der Waals surface area contributed by atoms with Gasteiger partial charge in [-0.15, -0.1) is 0 Å². The van der Waals surface area contributed by atoms with Gasteiger partial charge in [-0.25, -0.2) is 4.39 Å². The molecule has 2 rings (SSSR count). The number of benzene rings is 1. The number of rotatable bonds is 2. The molecule has 0 atom stereocenters. The van der Waals surface area contributed by atoms with Crippen molar-refractivity contribution in [1.82, 2.24) is 0 Å².